The van der Waals surface area contributed by atoms with Crippen LogP contribution in [0.3, 0.4) is 0 Å². The van der Waals surface area contributed by atoms with Crippen molar-refractivity contribution in [2.75, 3.05) is 13.7 Å². The second-order valence-corrected chi connectivity index (χ2v) is 1.67. The molecule has 0 saturated carbocycles. The maximum Gasteiger partial charge on any atom is 0.308 e. The summed E-state index contributed by atoms with van der Waals surface area (Å²) < 4.78 is 4.27. The highest BCUT2D eigenvalue weighted by molar-refractivity contribution is 5.69. The number of carbonyl (C=O) groups excluding carboxylic acids is 1. The van der Waals surface area contributed by atoms with E-state index in [9.17, 15) is 4.79 Å². The van der Waals surface area contributed by atoms with E-state index in [1.165, 1.54) is 7.11 Å². The number of nitrogens with two attached hydrogens (primary N) is 1. The van der Waals surface area contributed by atoms with Gasteiger partial charge in [-0.15, -0.1) is 13.2 Å². The fourth-order valence-electron chi connectivity index (χ4n) is 0.359. The smallest absolute Gasteiger partial charge is 0.308 e. The molecule has 0 aliphatic heterocycles. The van der Waals surface area contributed by atoms with E-state index < -0.39 is 12.1 Å². The van der Waals surface area contributed by atoms with Crippen LogP contribution < -0.4 is 5.73 Å². The molecule has 66 valence electrons. The lowest BCUT2D eigenvalue weighted by Crippen LogP contribution is -2.23. The molecule has 1 atom stereocenters. The van der Waals surface area contributed by atoms with E-state index in [0.717, 1.165) is 0 Å². The molecule has 0 amide bonds. The Balaban J connectivity index is 0. The van der Waals surface area contributed by atoms with Crippen molar-refractivity contribution in [2.45, 2.75) is 12.5 Å². The number of hydrogen-bond acceptors (Lipinski definition) is 4. The molecule has 0 heterocycles. The van der Waals surface area contributed by atoms with Gasteiger partial charge < -0.3 is 15.6 Å². The molecule has 0 aliphatic rings. The van der Waals surface area contributed by atoms with Gasteiger partial charge in [-0.1, -0.05) is 0 Å². The summed E-state index contributed by atoms with van der Waals surface area (Å²) in [5, 5.41) is 8.73. The maximum atomic E-state index is 10.3. The minimum Gasteiger partial charge on any atom is -0.469 e. The molecule has 1 unspecified atom stereocenters. The Bertz CT molecular complexity index is 106. The monoisotopic (exact) mass is 161 g/mol. The highest BCUT2D eigenvalue weighted by Gasteiger charge is 2.07. The summed E-state index contributed by atoms with van der Waals surface area (Å²) in [5.41, 5.74) is 5.02. The van der Waals surface area contributed by atoms with Crippen LogP contribution in [0, 0.1) is 0 Å². The summed E-state index contributed by atoms with van der Waals surface area (Å²) in [7, 11) is 1.27. The van der Waals surface area contributed by atoms with Crippen molar-refractivity contribution in [1.29, 1.82) is 0 Å². The lowest BCUT2D eigenvalue weighted by Gasteiger charge is -2.03. The number of rotatable bonds is 3. The van der Waals surface area contributed by atoms with Crippen molar-refractivity contribution in [3.8, 4) is 0 Å². The van der Waals surface area contributed by atoms with Gasteiger partial charge in [-0.05, 0) is 0 Å². The fourth-order valence-corrected chi connectivity index (χ4v) is 0.359. The minimum atomic E-state index is -0.766. The lowest BCUT2D eigenvalue weighted by molar-refractivity contribution is -0.142. The van der Waals surface area contributed by atoms with Gasteiger partial charge in [0, 0.05) is 6.54 Å². The number of carbonyl (C=O) groups is 1. The van der Waals surface area contributed by atoms with Crippen molar-refractivity contribution < 1.29 is 14.6 Å². The van der Waals surface area contributed by atoms with Gasteiger partial charge in [-0.3, -0.25) is 4.79 Å². The molecule has 0 aromatic heterocycles. The van der Waals surface area contributed by atoms with Crippen LogP contribution in [0.4, 0.5) is 0 Å². The van der Waals surface area contributed by atoms with Crippen LogP contribution in [0.2, 0.25) is 0 Å². The summed E-state index contributed by atoms with van der Waals surface area (Å²) >= 11 is 0. The summed E-state index contributed by atoms with van der Waals surface area (Å²) in [5.74, 6) is -0.437. The van der Waals surface area contributed by atoms with E-state index in [-0.39, 0.29) is 13.0 Å². The molecule has 0 saturated heterocycles. The quantitative estimate of drug-likeness (QED) is 0.439. The number of aliphatic hydroxyl groups is 1. The third-order valence-electron chi connectivity index (χ3n) is 0.902. The molecule has 0 aromatic rings. The highest BCUT2D eigenvalue weighted by Crippen LogP contribution is 1.89. The van der Waals surface area contributed by atoms with Gasteiger partial charge in [-0.25, -0.2) is 0 Å². The fraction of sp³-hybridized carbons (Fsp3) is 0.571. The van der Waals surface area contributed by atoms with Crippen LogP contribution in [-0.4, -0.2) is 30.8 Å². The molecule has 0 fully saturated rings. The molecule has 4 nitrogen and oxygen atoms in total. The van der Waals surface area contributed by atoms with Crippen LogP contribution in [0.15, 0.2) is 13.2 Å². The summed E-state index contributed by atoms with van der Waals surface area (Å²) in [6.45, 7) is 6.09. The summed E-state index contributed by atoms with van der Waals surface area (Å²) in [4.78, 5) is 10.3. The van der Waals surface area contributed by atoms with Gasteiger partial charge in [0.1, 0.15) is 0 Å². The Morgan fingerprint density at radius 2 is 2.18 bits per heavy atom. The second kappa shape index (κ2) is 9.13. The standard InChI is InChI=1S/C5H11NO3.C2H4/c1-9-5(8)2-4(7)3-6;1-2/h4,7H,2-3,6H2,1H3;1-2H2. The van der Waals surface area contributed by atoms with Crippen LogP contribution in [0.25, 0.3) is 0 Å². The van der Waals surface area contributed by atoms with E-state index >= 15 is 0 Å². The SMILES string of the molecule is C=C.COC(=O)CC(O)CN. The van der Waals surface area contributed by atoms with Crippen molar-refractivity contribution in [2.24, 2.45) is 5.73 Å². The zero-order valence-electron chi connectivity index (χ0n) is 6.75. The molecule has 0 spiro atoms. The molecule has 4 heteroatoms. The van der Waals surface area contributed by atoms with Crippen LogP contribution in [0.1, 0.15) is 6.42 Å². The van der Waals surface area contributed by atoms with E-state index in [4.69, 9.17) is 10.8 Å². The first-order valence-corrected chi connectivity index (χ1v) is 3.15. The number of methoxy groups -OCH3 is 1. The normalized spacial score (nSPS) is 10.8. The van der Waals surface area contributed by atoms with E-state index in [1.807, 2.05) is 0 Å². The molecular weight excluding hydrogens is 146 g/mol. The average molecular weight is 161 g/mol. The van der Waals surface area contributed by atoms with Crippen molar-refractivity contribution in [3.63, 3.8) is 0 Å². The van der Waals surface area contributed by atoms with E-state index in [2.05, 4.69) is 17.9 Å². The molecule has 0 rings (SSSR count). The highest BCUT2D eigenvalue weighted by atomic mass is 16.5. The molecule has 0 bridgehead atoms. The summed E-state index contributed by atoms with van der Waals surface area (Å²) in [6.07, 6.45) is -0.787. The number of aliphatic hydroxyl groups excluding tert-OH is 1. The van der Waals surface area contributed by atoms with Crippen LogP contribution in [-0.2, 0) is 9.53 Å². The molecule has 0 aromatic carbocycles. The second-order valence-electron chi connectivity index (χ2n) is 1.67. The summed E-state index contributed by atoms with van der Waals surface area (Å²) in [6, 6.07) is 0. The van der Waals surface area contributed by atoms with Crippen molar-refractivity contribution >= 4 is 5.97 Å². The van der Waals surface area contributed by atoms with Gasteiger partial charge >= 0.3 is 5.97 Å². The van der Waals surface area contributed by atoms with Gasteiger partial charge in [0.05, 0.1) is 19.6 Å². The van der Waals surface area contributed by atoms with Gasteiger partial charge in [0.15, 0.2) is 0 Å². The topological polar surface area (TPSA) is 72.5 Å². The first kappa shape index (κ1) is 12.8. The molecule has 11 heavy (non-hydrogen) atoms. The molecule has 3 N–H and O–H groups in total. The molecule has 0 aliphatic carbocycles. The molecular formula is C7H15NO3. The first-order valence-electron chi connectivity index (χ1n) is 3.15. The number of esters is 1. The third-order valence-corrected chi connectivity index (χ3v) is 0.902. The number of hydrogen-bond donors (Lipinski definition) is 2. The zero-order valence-corrected chi connectivity index (χ0v) is 6.75. The van der Waals surface area contributed by atoms with E-state index in [0.29, 0.717) is 0 Å². The zero-order chi connectivity index (χ0) is 9.28. The molecule has 0 radical (unpaired) electrons. The maximum absolute atomic E-state index is 10.3. The Morgan fingerprint density at radius 1 is 1.73 bits per heavy atom. The third kappa shape index (κ3) is 9.13. The van der Waals surface area contributed by atoms with Gasteiger partial charge in [-0.2, -0.15) is 0 Å². The first-order chi connectivity index (χ1) is 5.20. The van der Waals surface area contributed by atoms with E-state index in [1.54, 1.807) is 0 Å². The Labute approximate surface area is 66.7 Å². The van der Waals surface area contributed by atoms with Crippen molar-refractivity contribution in [1.82, 2.24) is 0 Å². The predicted octanol–water partition coefficient (Wildman–Crippen LogP) is -0.329. The minimum absolute atomic E-state index is 0.0208. The lowest BCUT2D eigenvalue weighted by atomic mass is 10.2. The Kier molecular flexibility index (Phi) is 10.6. The van der Waals surface area contributed by atoms with Crippen LogP contribution >= 0.6 is 0 Å². The Hall–Kier alpha value is -0.870. The van der Waals surface area contributed by atoms with Crippen LogP contribution in [0.5, 0.6) is 0 Å². The van der Waals surface area contributed by atoms with Gasteiger partial charge in [0.2, 0.25) is 0 Å². The number of ether oxygens (including phenoxy) is 1. The predicted molar refractivity (Wildman–Crippen MR) is 42.9 cm³/mol. The van der Waals surface area contributed by atoms with Crippen molar-refractivity contribution in [3.05, 3.63) is 13.2 Å². The van der Waals surface area contributed by atoms with Gasteiger partial charge in [0.25, 0.3) is 0 Å². The Morgan fingerprint density at radius 3 is 2.45 bits per heavy atom. The largest absolute Gasteiger partial charge is 0.469 e. The average Bonchev–Trinajstić information content (AvgIpc) is 2.07.